The molecule has 0 radical (unpaired) electrons. The molecule has 20 heavy (non-hydrogen) atoms. The highest BCUT2D eigenvalue weighted by Crippen LogP contribution is 2.31. The Morgan fingerprint density at radius 2 is 1.50 bits per heavy atom. The highest BCUT2D eigenvalue weighted by molar-refractivity contribution is 5.54. The summed E-state index contributed by atoms with van der Waals surface area (Å²) in [5.41, 5.74) is 0.226. The van der Waals surface area contributed by atoms with Crippen molar-refractivity contribution in [3.8, 4) is 11.8 Å². The molecule has 0 saturated heterocycles. The molecule has 0 saturated carbocycles. The summed E-state index contributed by atoms with van der Waals surface area (Å²) in [5.74, 6) is 5.17. The van der Waals surface area contributed by atoms with Crippen molar-refractivity contribution in [1.82, 2.24) is 0 Å². The number of benzene rings is 2. The molecule has 0 bridgehead atoms. The minimum atomic E-state index is -4.38. The number of allylic oxidation sites excluding steroid dienone is 1. The number of hydrogen-bond acceptors (Lipinski definition) is 0. The smallest absolute Gasteiger partial charge is 0.166 e. The van der Waals surface area contributed by atoms with E-state index in [1.807, 2.05) is 30.3 Å². The molecule has 0 aliphatic heterocycles. The van der Waals surface area contributed by atoms with E-state index in [0.717, 1.165) is 11.6 Å². The van der Waals surface area contributed by atoms with Crippen LogP contribution in [0.3, 0.4) is 0 Å². The summed E-state index contributed by atoms with van der Waals surface area (Å²) in [7, 11) is 0. The second-order valence-corrected chi connectivity index (χ2v) is 4.06. The minimum absolute atomic E-state index is 0.0160. The van der Waals surface area contributed by atoms with E-state index in [4.69, 9.17) is 0 Å². The van der Waals surface area contributed by atoms with Gasteiger partial charge in [0.05, 0.1) is 5.56 Å². The van der Waals surface area contributed by atoms with Crippen LogP contribution in [-0.2, 0) is 6.18 Å². The van der Waals surface area contributed by atoms with Gasteiger partial charge in [-0.3, -0.25) is 0 Å². The molecule has 3 heteroatoms. The standard InChI is InChI=1S/C17H11F3/c18-17(19,20)16-13-7-6-12-15(16)11-5-4-10-14-8-2-1-3-9-14/h1-4,6-10,12-13H. The van der Waals surface area contributed by atoms with Crippen LogP contribution in [0.15, 0.2) is 60.7 Å². The number of halogens is 3. The van der Waals surface area contributed by atoms with Crippen LogP contribution in [0.2, 0.25) is 0 Å². The molecule has 2 rings (SSSR count). The quantitative estimate of drug-likeness (QED) is 0.656. The second kappa shape index (κ2) is 6.12. The van der Waals surface area contributed by atoms with E-state index in [9.17, 15) is 13.2 Å². The molecule has 0 N–H and O–H groups in total. The number of rotatable bonds is 1. The Balaban J connectivity index is 2.20. The van der Waals surface area contributed by atoms with Gasteiger partial charge in [-0.05, 0) is 29.8 Å². The Morgan fingerprint density at radius 3 is 2.20 bits per heavy atom. The van der Waals surface area contributed by atoms with E-state index in [1.165, 1.54) is 12.1 Å². The summed E-state index contributed by atoms with van der Waals surface area (Å²) >= 11 is 0. The molecular weight excluding hydrogens is 261 g/mol. The third-order valence-electron chi connectivity index (χ3n) is 2.60. The maximum atomic E-state index is 12.7. The van der Waals surface area contributed by atoms with Crippen LogP contribution in [0.4, 0.5) is 13.2 Å². The lowest BCUT2D eigenvalue weighted by Crippen LogP contribution is -2.07. The van der Waals surface area contributed by atoms with Crippen molar-refractivity contribution in [3.63, 3.8) is 0 Å². The molecular formula is C17H11F3. The van der Waals surface area contributed by atoms with Crippen molar-refractivity contribution in [2.45, 2.75) is 6.18 Å². The molecule has 0 amide bonds. The fourth-order valence-electron chi connectivity index (χ4n) is 1.66. The van der Waals surface area contributed by atoms with Gasteiger partial charge in [-0.15, -0.1) is 0 Å². The van der Waals surface area contributed by atoms with Gasteiger partial charge in [-0.2, -0.15) is 13.2 Å². The van der Waals surface area contributed by atoms with E-state index in [1.54, 1.807) is 18.2 Å². The fourth-order valence-corrected chi connectivity index (χ4v) is 1.66. The highest BCUT2D eigenvalue weighted by atomic mass is 19.4. The fraction of sp³-hybridized carbons (Fsp3) is 0.0588. The van der Waals surface area contributed by atoms with Gasteiger partial charge < -0.3 is 0 Å². The first-order chi connectivity index (χ1) is 9.57. The summed E-state index contributed by atoms with van der Waals surface area (Å²) in [4.78, 5) is 0. The molecule has 100 valence electrons. The van der Waals surface area contributed by atoms with Gasteiger partial charge in [-0.1, -0.05) is 54.3 Å². The van der Waals surface area contributed by atoms with E-state index >= 15 is 0 Å². The van der Waals surface area contributed by atoms with Gasteiger partial charge >= 0.3 is 6.18 Å². The third-order valence-corrected chi connectivity index (χ3v) is 2.60. The molecule has 0 atom stereocenters. The average molecular weight is 272 g/mol. The Bertz CT molecular complexity index is 656. The van der Waals surface area contributed by atoms with Crippen molar-refractivity contribution in [2.24, 2.45) is 0 Å². The molecule has 0 nitrogen and oxygen atoms in total. The lowest BCUT2D eigenvalue weighted by molar-refractivity contribution is -0.137. The van der Waals surface area contributed by atoms with Gasteiger partial charge in [0.15, 0.2) is 0 Å². The molecule has 0 aromatic heterocycles. The van der Waals surface area contributed by atoms with Crippen LogP contribution in [-0.4, -0.2) is 0 Å². The van der Waals surface area contributed by atoms with Crippen LogP contribution in [0, 0.1) is 11.8 Å². The topological polar surface area (TPSA) is 0 Å². The van der Waals surface area contributed by atoms with Crippen LogP contribution in [0.5, 0.6) is 0 Å². The lowest BCUT2D eigenvalue weighted by Gasteiger charge is -2.07. The number of alkyl halides is 3. The molecule has 0 aliphatic rings. The van der Waals surface area contributed by atoms with E-state index in [-0.39, 0.29) is 5.56 Å². The summed E-state index contributed by atoms with van der Waals surface area (Å²) in [6, 6.07) is 14.7. The molecule has 0 aliphatic carbocycles. The van der Waals surface area contributed by atoms with Gasteiger partial charge in [0.1, 0.15) is 0 Å². The Kier molecular flexibility index (Phi) is 4.27. The Labute approximate surface area is 115 Å². The van der Waals surface area contributed by atoms with Crippen LogP contribution in [0.25, 0.3) is 6.08 Å². The summed E-state index contributed by atoms with van der Waals surface area (Å²) in [6.07, 6.45) is -1.08. The zero-order chi connectivity index (χ0) is 14.4. The zero-order valence-corrected chi connectivity index (χ0v) is 10.5. The van der Waals surface area contributed by atoms with Crippen LogP contribution in [0.1, 0.15) is 16.7 Å². The Morgan fingerprint density at radius 1 is 0.850 bits per heavy atom. The average Bonchev–Trinajstić information content (AvgIpc) is 2.44. The van der Waals surface area contributed by atoms with Crippen molar-refractivity contribution in [2.75, 3.05) is 0 Å². The largest absolute Gasteiger partial charge is 0.417 e. The lowest BCUT2D eigenvalue weighted by atomic mass is 10.1. The summed E-state index contributed by atoms with van der Waals surface area (Å²) in [6.45, 7) is 0. The van der Waals surface area contributed by atoms with Gasteiger partial charge in [-0.25, -0.2) is 0 Å². The second-order valence-electron chi connectivity index (χ2n) is 4.06. The van der Waals surface area contributed by atoms with Crippen molar-refractivity contribution in [3.05, 3.63) is 77.4 Å². The minimum Gasteiger partial charge on any atom is -0.166 e. The van der Waals surface area contributed by atoms with Gasteiger partial charge in [0.25, 0.3) is 0 Å². The first-order valence-electron chi connectivity index (χ1n) is 5.97. The van der Waals surface area contributed by atoms with E-state index < -0.39 is 11.7 Å². The molecule has 2 aromatic carbocycles. The third kappa shape index (κ3) is 3.76. The Hall–Kier alpha value is -2.47. The van der Waals surface area contributed by atoms with Gasteiger partial charge in [0, 0.05) is 5.56 Å². The maximum Gasteiger partial charge on any atom is 0.417 e. The molecule has 0 heterocycles. The summed E-state index contributed by atoms with van der Waals surface area (Å²) in [5, 5.41) is 0. The molecule has 2 aromatic rings. The first-order valence-corrected chi connectivity index (χ1v) is 5.97. The molecule has 0 fully saturated rings. The van der Waals surface area contributed by atoms with Crippen molar-refractivity contribution in [1.29, 1.82) is 0 Å². The van der Waals surface area contributed by atoms with Crippen molar-refractivity contribution < 1.29 is 13.2 Å². The van der Waals surface area contributed by atoms with E-state index in [0.29, 0.717) is 0 Å². The van der Waals surface area contributed by atoms with E-state index in [2.05, 4.69) is 11.8 Å². The molecule has 0 unspecified atom stereocenters. The number of hydrogen-bond donors (Lipinski definition) is 0. The monoisotopic (exact) mass is 272 g/mol. The van der Waals surface area contributed by atoms with Crippen molar-refractivity contribution >= 4 is 6.08 Å². The maximum absolute atomic E-state index is 12.7. The van der Waals surface area contributed by atoms with Crippen LogP contribution < -0.4 is 0 Å². The SMILES string of the molecule is FC(F)(F)c1ccccc1C#CC=Cc1ccccc1. The zero-order valence-electron chi connectivity index (χ0n) is 10.5. The first kappa shape index (κ1) is 14.0. The summed E-state index contributed by atoms with van der Waals surface area (Å²) < 4.78 is 38.2. The molecule has 0 spiro atoms. The van der Waals surface area contributed by atoms with Crippen LogP contribution >= 0.6 is 0 Å². The predicted octanol–water partition coefficient (Wildman–Crippen LogP) is 4.77. The predicted molar refractivity (Wildman–Crippen MR) is 73.8 cm³/mol. The normalized spacial score (nSPS) is 11.2. The van der Waals surface area contributed by atoms with Gasteiger partial charge in [0.2, 0.25) is 0 Å². The highest BCUT2D eigenvalue weighted by Gasteiger charge is 2.32.